The van der Waals surface area contributed by atoms with Gasteiger partial charge < -0.3 is 15.1 Å². The van der Waals surface area contributed by atoms with Crippen LogP contribution in [0.25, 0.3) is 0 Å². The van der Waals surface area contributed by atoms with Crippen molar-refractivity contribution in [3.05, 3.63) is 54.4 Å². The highest BCUT2D eigenvalue weighted by molar-refractivity contribution is 5.89. The van der Waals surface area contributed by atoms with E-state index in [1.807, 2.05) is 31.1 Å². The monoisotopic (exact) mass is 310 g/mol. The fourth-order valence-electron chi connectivity index (χ4n) is 3.00. The summed E-state index contributed by atoms with van der Waals surface area (Å²) in [6, 6.07) is 12.1. The third-order valence-corrected chi connectivity index (χ3v) is 4.20. The Morgan fingerprint density at radius 1 is 1.30 bits per heavy atom. The maximum absolute atomic E-state index is 12.6. The number of nitrogens with one attached hydrogen (secondary N) is 1. The molecule has 1 atom stereocenters. The van der Waals surface area contributed by atoms with Crippen molar-refractivity contribution in [1.82, 2.24) is 9.88 Å². The van der Waals surface area contributed by atoms with Gasteiger partial charge in [-0.1, -0.05) is 12.1 Å². The lowest BCUT2D eigenvalue weighted by molar-refractivity contribution is 0.207. The van der Waals surface area contributed by atoms with Crippen molar-refractivity contribution in [1.29, 1.82) is 0 Å². The Kier molecular flexibility index (Phi) is 4.46. The van der Waals surface area contributed by atoms with Crippen LogP contribution in [0.3, 0.4) is 0 Å². The van der Waals surface area contributed by atoms with E-state index in [1.54, 1.807) is 12.4 Å². The lowest BCUT2D eigenvalue weighted by atomic mass is 10.0. The number of carbonyl (C=O) groups excluding carboxylic acids is 1. The molecule has 1 fully saturated rings. The summed E-state index contributed by atoms with van der Waals surface area (Å²) in [5.41, 5.74) is 3.07. The normalized spacial score (nSPS) is 17.1. The number of amides is 2. The molecule has 0 radical (unpaired) electrons. The van der Waals surface area contributed by atoms with Gasteiger partial charge in [0, 0.05) is 32.5 Å². The summed E-state index contributed by atoms with van der Waals surface area (Å²) in [5.74, 6) is 0. The van der Waals surface area contributed by atoms with Crippen LogP contribution in [0.5, 0.6) is 0 Å². The molecule has 23 heavy (non-hydrogen) atoms. The highest BCUT2D eigenvalue weighted by Gasteiger charge is 2.30. The summed E-state index contributed by atoms with van der Waals surface area (Å²) >= 11 is 0. The second kappa shape index (κ2) is 6.69. The first-order valence-corrected chi connectivity index (χ1v) is 7.90. The molecule has 2 heterocycles. The minimum atomic E-state index is -0.0595. The minimum absolute atomic E-state index is 0.0595. The van der Waals surface area contributed by atoms with Gasteiger partial charge in [0.15, 0.2) is 0 Å². The second-order valence-corrected chi connectivity index (χ2v) is 6.01. The van der Waals surface area contributed by atoms with Gasteiger partial charge in [0.2, 0.25) is 0 Å². The predicted octanol–water partition coefficient (Wildman–Crippen LogP) is 3.52. The molecule has 0 spiro atoms. The van der Waals surface area contributed by atoms with Crippen molar-refractivity contribution in [3.8, 4) is 0 Å². The molecule has 1 aliphatic rings. The lowest BCUT2D eigenvalue weighted by Crippen LogP contribution is -2.34. The Labute approximate surface area is 136 Å². The molecule has 1 unspecified atom stereocenters. The largest absolute Gasteiger partial charge is 0.378 e. The molecule has 0 aliphatic carbocycles. The zero-order valence-corrected chi connectivity index (χ0v) is 13.6. The van der Waals surface area contributed by atoms with Crippen LogP contribution in [0.1, 0.15) is 24.4 Å². The number of aromatic nitrogens is 1. The average molecular weight is 310 g/mol. The van der Waals surface area contributed by atoms with Gasteiger partial charge in [-0.3, -0.25) is 4.98 Å². The maximum Gasteiger partial charge on any atom is 0.322 e. The van der Waals surface area contributed by atoms with Gasteiger partial charge in [0.25, 0.3) is 0 Å². The zero-order chi connectivity index (χ0) is 16.2. The van der Waals surface area contributed by atoms with E-state index in [0.717, 1.165) is 30.8 Å². The van der Waals surface area contributed by atoms with E-state index < -0.39 is 0 Å². The first kappa shape index (κ1) is 15.3. The van der Waals surface area contributed by atoms with Crippen LogP contribution in [0, 0.1) is 0 Å². The van der Waals surface area contributed by atoms with Gasteiger partial charge in [-0.05, 0) is 42.7 Å². The molecule has 0 saturated carbocycles. The fourth-order valence-corrected chi connectivity index (χ4v) is 3.00. The first-order valence-electron chi connectivity index (χ1n) is 7.90. The molecule has 2 amide bonds. The molecule has 1 aromatic carbocycles. The quantitative estimate of drug-likeness (QED) is 0.943. The van der Waals surface area contributed by atoms with Crippen LogP contribution in [0.15, 0.2) is 48.8 Å². The van der Waals surface area contributed by atoms with E-state index in [0.29, 0.717) is 0 Å². The van der Waals surface area contributed by atoms with E-state index in [9.17, 15) is 4.79 Å². The summed E-state index contributed by atoms with van der Waals surface area (Å²) < 4.78 is 0. The number of urea groups is 1. The number of nitrogens with zero attached hydrogens (tertiary/aromatic N) is 3. The van der Waals surface area contributed by atoms with Gasteiger partial charge in [-0.15, -0.1) is 0 Å². The molecule has 120 valence electrons. The summed E-state index contributed by atoms with van der Waals surface area (Å²) in [4.78, 5) is 20.6. The Morgan fingerprint density at radius 2 is 2.17 bits per heavy atom. The van der Waals surface area contributed by atoms with Gasteiger partial charge in [0.1, 0.15) is 0 Å². The molecule has 0 bridgehead atoms. The summed E-state index contributed by atoms with van der Waals surface area (Å²) in [6.07, 6.45) is 5.38. The van der Waals surface area contributed by atoms with Crippen molar-refractivity contribution >= 4 is 17.4 Å². The smallest absolute Gasteiger partial charge is 0.322 e. The molecule has 1 aromatic heterocycles. The fraction of sp³-hybridized carbons (Fsp3) is 0.333. The topological polar surface area (TPSA) is 48.5 Å². The van der Waals surface area contributed by atoms with Gasteiger partial charge >= 0.3 is 6.03 Å². The number of rotatable bonds is 3. The summed E-state index contributed by atoms with van der Waals surface area (Å²) in [7, 11) is 4.06. The van der Waals surface area contributed by atoms with Crippen LogP contribution < -0.4 is 10.2 Å². The summed E-state index contributed by atoms with van der Waals surface area (Å²) in [6.45, 7) is 0.781. The van der Waals surface area contributed by atoms with Gasteiger partial charge in [-0.25, -0.2) is 4.79 Å². The molecule has 5 heteroatoms. The molecule has 3 rings (SSSR count). The van der Waals surface area contributed by atoms with E-state index in [-0.39, 0.29) is 12.1 Å². The Hall–Kier alpha value is -2.56. The highest BCUT2D eigenvalue weighted by atomic mass is 16.2. The number of pyridine rings is 1. The Balaban J connectivity index is 1.77. The van der Waals surface area contributed by atoms with Crippen molar-refractivity contribution in [2.75, 3.05) is 30.9 Å². The number of hydrogen-bond acceptors (Lipinski definition) is 3. The van der Waals surface area contributed by atoms with E-state index in [1.165, 1.54) is 5.56 Å². The maximum atomic E-state index is 12.6. The minimum Gasteiger partial charge on any atom is -0.378 e. The van der Waals surface area contributed by atoms with Crippen molar-refractivity contribution in [2.24, 2.45) is 0 Å². The second-order valence-electron chi connectivity index (χ2n) is 6.01. The molecule has 2 aromatic rings. The Bertz CT molecular complexity index is 672. The molecule has 5 nitrogen and oxygen atoms in total. The van der Waals surface area contributed by atoms with Crippen LogP contribution in [0.4, 0.5) is 16.2 Å². The predicted molar refractivity (Wildman–Crippen MR) is 92.7 cm³/mol. The standard InChI is InChI=1S/C18H22N4O/c1-21(2)16-8-3-6-14(12-16)17-9-5-11-22(17)18(23)20-15-7-4-10-19-13-15/h3-4,6-8,10,12-13,17H,5,9,11H2,1-2H3,(H,20,23). The molecular formula is C18H22N4O. The van der Waals surface area contributed by atoms with Crippen molar-refractivity contribution in [2.45, 2.75) is 18.9 Å². The van der Waals surface area contributed by atoms with Crippen LogP contribution >= 0.6 is 0 Å². The third kappa shape index (κ3) is 3.44. The highest BCUT2D eigenvalue weighted by Crippen LogP contribution is 2.33. The average Bonchev–Trinajstić information content (AvgIpc) is 3.05. The number of hydrogen-bond donors (Lipinski definition) is 1. The molecular weight excluding hydrogens is 288 g/mol. The lowest BCUT2D eigenvalue weighted by Gasteiger charge is -2.26. The van der Waals surface area contributed by atoms with Gasteiger partial charge in [0.05, 0.1) is 17.9 Å². The van der Waals surface area contributed by atoms with Crippen LogP contribution in [-0.2, 0) is 0 Å². The molecule has 1 N–H and O–H groups in total. The van der Waals surface area contributed by atoms with E-state index in [4.69, 9.17) is 0 Å². The van der Waals surface area contributed by atoms with Gasteiger partial charge in [-0.2, -0.15) is 0 Å². The Morgan fingerprint density at radius 3 is 2.91 bits per heavy atom. The number of likely N-dealkylation sites (tertiary alicyclic amines) is 1. The first-order chi connectivity index (χ1) is 11.1. The summed E-state index contributed by atoms with van der Waals surface area (Å²) in [5, 5.41) is 2.94. The SMILES string of the molecule is CN(C)c1cccc(C2CCCN2C(=O)Nc2cccnc2)c1. The van der Waals surface area contributed by atoms with E-state index >= 15 is 0 Å². The number of anilines is 2. The van der Waals surface area contributed by atoms with Crippen molar-refractivity contribution < 1.29 is 4.79 Å². The van der Waals surface area contributed by atoms with E-state index in [2.05, 4.69) is 39.5 Å². The zero-order valence-electron chi connectivity index (χ0n) is 13.6. The molecule has 1 saturated heterocycles. The van der Waals surface area contributed by atoms with Crippen LogP contribution in [0.2, 0.25) is 0 Å². The third-order valence-electron chi connectivity index (χ3n) is 4.20. The number of carbonyl (C=O) groups is 1. The number of benzene rings is 1. The molecule has 1 aliphatic heterocycles. The van der Waals surface area contributed by atoms with Crippen molar-refractivity contribution in [3.63, 3.8) is 0 Å². The van der Waals surface area contributed by atoms with Crippen LogP contribution in [-0.4, -0.2) is 36.6 Å².